The van der Waals surface area contributed by atoms with Crippen LogP contribution in [0.25, 0.3) is 0 Å². The van der Waals surface area contributed by atoms with Crippen molar-refractivity contribution >= 4 is 28.9 Å². The first-order valence-corrected chi connectivity index (χ1v) is 9.00. The van der Waals surface area contributed by atoms with Crippen LogP contribution in [0.3, 0.4) is 0 Å². The number of rotatable bonds is 8. The molecule has 0 unspecified atom stereocenters. The molecule has 2 N–H and O–H groups in total. The lowest BCUT2D eigenvalue weighted by atomic mass is 10.2. The minimum Gasteiger partial charge on any atom is -0.371 e. The number of carbonyl (C=O) groups is 1. The Bertz CT molecular complexity index is 910. The van der Waals surface area contributed by atoms with Gasteiger partial charge in [-0.3, -0.25) is 4.79 Å². The van der Waals surface area contributed by atoms with Gasteiger partial charge in [0.15, 0.2) is 11.4 Å². The maximum atomic E-state index is 11.6. The van der Waals surface area contributed by atoms with E-state index in [9.17, 15) is 4.79 Å². The first-order valence-electron chi connectivity index (χ1n) is 9.00. The number of benzene rings is 1. The SMILES string of the molecule is CCCN(CCC)c1ccc(N=Nc2nc(C#N)c(C#N)[nH]2)c(NC(C)=O)c1. The lowest BCUT2D eigenvalue weighted by Gasteiger charge is -2.24. The van der Waals surface area contributed by atoms with Gasteiger partial charge >= 0.3 is 0 Å². The number of carbonyl (C=O) groups excluding carboxylic acids is 1. The molecule has 9 heteroatoms. The molecule has 1 heterocycles. The molecule has 0 atom stereocenters. The lowest BCUT2D eigenvalue weighted by molar-refractivity contribution is -0.114. The highest BCUT2D eigenvalue weighted by Gasteiger charge is 2.12. The van der Waals surface area contributed by atoms with Crippen molar-refractivity contribution in [3.8, 4) is 12.1 Å². The molecule has 0 bridgehead atoms. The standard InChI is InChI=1S/C19H22N8O/c1-4-8-27(9-5-2)14-6-7-15(16(10-14)22-13(3)28)25-26-19-23-17(11-20)18(12-21)24-19/h6-7,10H,4-5,8-9H2,1-3H3,(H,22,28)(H,23,24). The summed E-state index contributed by atoms with van der Waals surface area (Å²) < 4.78 is 0. The van der Waals surface area contributed by atoms with Crippen molar-refractivity contribution < 1.29 is 4.79 Å². The maximum Gasteiger partial charge on any atom is 0.249 e. The second-order valence-electron chi connectivity index (χ2n) is 6.08. The average molecular weight is 378 g/mol. The van der Waals surface area contributed by atoms with Gasteiger partial charge in [0, 0.05) is 25.7 Å². The molecule has 9 nitrogen and oxygen atoms in total. The second-order valence-corrected chi connectivity index (χ2v) is 6.08. The van der Waals surface area contributed by atoms with Crippen LogP contribution in [0.5, 0.6) is 0 Å². The molecular weight excluding hydrogens is 356 g/mol. The largest absolute Gasteiger partial charge is 0.371 e. The van der Waals surface area contributed by atoms with Crippen molar-refractivity contribution in [3.63, 3.8) is 0 Å². The zero-order chi connectivity index (χ0) is 20.5. The van der Waals surface area contributed by atoms with Gasteiger partial charge in [-0.2, -0.15) is 15.5 Å². The summed E-state index contributed by atoms with van der Waals surface area (Å²) in [7, 11) is 0. The number of amides is 1. The van der Waals surface area contributed by atoms with Crippen LogP contribution in [0.1, 0.15) is 45.0 Å². The van der Waals surface area contributed by atoms with E-state index in [1.807, 2.05) is 24.3 Å². The van der Waals surface area contributed by atoms with Gasteiger partial charge in [-0.1, -0.05) is 13.8 Å². The van der Waals surface area contributed by atoms with Crippen molar-refractivity contribution in [1.82, 2.24) is 9.97 Å². The molecule has 0 aliphatic rings. The summed E-state index contributed by atoms with van der Waals surface area (Å²) in [5, 5.41) is 28.8. The van der Waals surface area contributed by atoms with E-state index in [1.165, 1.54) is 6.92 Å². The Morgan fingerprint density at radius 3 is 2.46 bits per heavy atom. The number of hydrogen-bond acceptors (Lipinski definition) is 7. The molecule has 0 aliphatic carbocycles. The van der Waals surface area contributed by atoms with Crippen molar-refractivity contribution in [2.24, 2.45) is 10.2 Å². The van der Waals surface area contributed by atoms with Gasteiger partial charge in [0.1, 0.15) is 17.8 Å². The van der Waals surface area contributed by atoms with E-state index < -0.39 is 0 Å². The van der Waals surface area contributed by atoms with E-state index >= 15 is 0 Å². The van der Waals surface area contributed by atoms with Crippen LogP contribution in [0.15, 0.2) is 28.4 Å². The van der Waals surface area contributed by atoms with Crippen LogP contribution in [0.2, 0.25) is 0 Å². The molecule has 0 radical (unpaired) electrons. The minimum atomic E-state index is -0.220. The van der Waals surface area contributed by atoms with E-state index in [4.69, 9.17) is 10.5 Å². The molecule has 2 aromatic rings. The quantitative estimate of drug-likeness (QED) is 0.665. The molecule has 1 amide bonds. The van der Waals surface area contributed by atoms with Crippen molar-refractivity contribution in [1.29, 1.82) is 10.5 Å². The molecule has 2 rings (SSSR count). The zero-order valence-corrected chi connectivity index (χ0v) is 16.2. The number of aromatic amines is 1. The number of nitrogens with zero attached hydrogens (tertiary/aromatic N) is 6. The molecule has 144 valence electrons. The Labute approximate surface area is 163 Å². The summed E-state index contributed by atoms with van der Waals surface area (Å²) in [5.74, 6) is -0.174. The molecule has 28 heavy (non-hydrogen) atoms. The number of hydrogen-bond donors (Lipinski definition) is 2. The Kier molecular flexibility index (Phi) is 7.23. The number of imidazole rings is 1. The lowest BCUT2D eigenvalue weighted by Crippen LogP contribution is -2.24. The fraction of sp³-hybridized carbons (Fsp3) is 0.368. The highest BCUT2D eigenvalue weighted by molar-refractivity contribution is 5.92. The summed E-state index contributed by atoms with van der Waals surface area (Å²) in [6, 6.07) is 9.22. The normalized spacial score (nSPS) is 10.5. The topological polar surface area (TPSA) is 133 Å². The van der Waals surface area contributed by atoms with E-state index in [-0.39, 0.29) is 23.2 Å². The molecule has 0 aliphatic heterocycles. The van der Waals surface area contributed by atoms with Gasteiger partial charge < -0.3 is 15.2 Å². The molecule has 0 saturated heterocycles. The van der Waals surface area contributed by atoms with Crippen LogP contribution in [-0.2, 0) is 4.79 Å². The van der Waals surface area contributed by atoms with Gasteiger partial charge in [0.2, 0.25) is 11.9 Å². The summed E-state index contributed by atoms with van der Waals surface area (Å²) in [4.78, 5) is 20.4. The van der Waals surface area contributed by atoms with E-state index in [1.54, 1.807) is 6.07 Å². The van der Waals surface area contributed by atoms with Crippen LogP contribution < -0.4 is 10.2 Å². The van der Waals surface area contributed by atoms with E-state index in [2.05, 4.69) is 44.3 Å². The summed E-state index contributed by atoms with van der Waals surface area (Å²) in [5.41, 5.74) is 1.95. The molecular formula is C19H22N8O. The molecule has 1 aromatic carbocycles. The van der Waals surface area contributed by atoms with Crippen LogP contribution in [0, 0.1) is 22.7 Å². The molecule has 1 aromatic heterocycles. The highest BCUT2D eigenvalue weighted by Crippen LogP contribution is 2.31. The van der Waals surface area contributed by atoms with Gasteiger partial charge in [-0.15, -0.1) is 10.2 Å². The minimum absolute atomic E-state index is 0.0312. The number of nitriles is 2. The number of nitrogens with one attached hydrogen (secondary N) is 2. The fourth-order valence-corrected chi connectivity index (χ4v) is 2.68. The number of H-pyrrole nitrogens is 1. The first-order chi connectivity index (χ1) is 13.5. The summed E-state index contributed by atoms with van der Waals surface area (Å²) >= 11 is 0. The Morgan fingerprint density at radius 2 is 1.93 bits per heavy atom. The smallest absolute Gasteiger partial charge is 0.249 e. The summed E-state index contributed by atoms with van der Waals surface area (Å²) in [6.45, 7) is 7.49. The van der Waals surface area contributed by atoms with Crippen LogP contribution >= 0.6 is 0 Å². The molecule has 0 spiro atoms. The molecule has 0 saturated carbocycles. The van der Waals surface area contributed by atoms with E-state index in [0.717, 1.165) is 31.6 Å². The highest BCUT2D eigenvalue weighted by atomic mass is 16.1. The average Bonchev–Trinajstić information content (AvgIpc) is 3.08. The predicted molar refractivity (Wildman–Crippen MR) is 106 cm³/mol. The third-order valence-electron chi connectivity index (χ3n) is 3.80. The van der Waals surface area contributed by atoms with Gasteiger partial charge in [0.25, 0.3) is 0 Å². The van der Waals surface area contributed by atoms with Crippen molar-refractivity contribution in [2.45, 2.75) is 33.6 Å². The fourth-order valence-electron chi connectivity index (χ4n) is 2.68. The first kappa shape index (κ1) is 20.6. The maximum absolute atomic E-state index is 11.6. The summed E-state index contributed by atoms with van der Waals surface area (Å²) in [6.07, 6.45) is 2.02. The number of aromatic nitrogens is 2. The monoisotopic (exact) mass is 378 g/mol. The molecule has 0 fully saturated rings. The van der Waals surface area contributed by atoms with Crippen molar-refractivity contribution in [3.05, 3.63) is 29.6 Å². The Morgan fingerprint density at radius 1 is 1.21 bits per heavy atom. The second kappa shape index (κ2) is 9.83. The van der Waals surface area contributed by atoms with Crippen LogP contribution in [-0.4, -0.2) is 29.0 Å². The van der Waals surface area contributed by atoms with Gasteiger partial charge in [-0.25, -0.2) is 0 Å². The van der Waals surface area contributed by atoms with Crippen molar-refractivity contribution in [2.75, 3.05) is 23.3 Å². The van der Waals surface area contributed by atoms with Gasteiger partial charge in [0.05, 0.1) is 5.69 Å². The predicted octanol–water partition coefficient (Wildman–Crippen LogP) is 4.15. The Hall–Kier alpha value is -3.72. The number of anilines is 2. The number of azo groups is 1. The van der Waals surface area contributed by atoms with E-state index in [0.29, 0.717) is 11.4 Å². The van der Waals surface area contributed by atoms with Crippen LogP contribution in [0.4, 0.5) is 23.0 Å². The Balaban J connectivity index is 2.37. The third-order valence-corrected chi connectivity index (χ3v) is 3.80. The zero-order valence-electron chi connectivity index (χ0n) is 16.2. The third kappa shape index (κ3) is 5.15. The van der Waals surface area contributed by atoms with Gasteiger partial charge in [-0.05, 0) is 31.0 Å².